The Labute approximate surface area is 183 Å². The second kappa shape index (κ2) is 10.0. The van der Waals surface area contributed by atoms with Gasteiger partial charge >= 0.3 is 0 Å². The van der Waals surface area contributed by atoms with Crippen LogP contribution in [-0.2, 0) is 26.1 Å². The van der Waals surface area contributed by atoms with Gasteiger partial charge in [0.15, 0.2) is 0 Å². The smallest absolute Gasteiger partial charge is 0.243 e. The fraction of sp³-hybridized carbons (Fsp3) is 0.409. The molecule has 1 saturated heterocycles. The minimum atomic E-state index is -3.69. The van der Waals surface area contributed by atoms with Crippen molar-refractivity contribution in [3.63, 3.8) is 0 Å². The van der Waals surface area contributed by atoms with E-state index in [0.29, 0.717) is 18.0 Å². The van der Waals surface area contributed by atoms with Crippen LogP contribution in [0.4, 0.5) is 11.4 Å². The fourth-order valence-corrected chi connectivity index (χ4v) is 4.71. The zero-order chi connectivity index (χ0) is 22.4. The molecule has 1 N–H and O–H groups in total. The Kier molecular flexibility index (Phi) is 7.40. The van der Waals surface area contributed by atoms with E-state index in [0.717, 1.165) is 48.1 Å². The summed E-state index contributed by atoms with van der Waals surface area (Å²) in [7, 11) is -2.18. The molecule has 0 aliphatic carbocycles. The average Bonchev–Trinajstić information content (AvgIpc) is 2.77. The highest BCUT2D eigenvalue weighted by atomic mass is 32.2. The standard InChI is InChI=1S/C22H29N3O5S/c1-17(25(31(3,27)28)20-5-4-6-21(15-20)29-2)22(26)23-16-18-7-9-19(10-8-18)24-11-13-30-14-12-24/h4-10,15,17H,11-14,16H2,1-3H3,(H,23,26)/t17-/m1/s1. The highest BCUT2D eigenvalue weighted by molar-refractivity contribution is 7.92. The molecule has 1 fully saturated rings. The maximum atomic E-state index is 12.8. The number of benzene rings is 2. The zero-order valence-corrected chi connectivity index (χ0v) is 18.9. The van der Waals surface area contributed by atoms with Crippen molar-refractivity contribution in [1.82, 2.24) is 5.32 Å². The normalized spacial score (nSPS) is 15.3. The molecule has 0 aromatic heterocycles. The van der Waals surface area contributed by atoms with E-state index in [1.54, 1.807) is 31.2 Å². The summed E-state index contributed by atoms with van der Waals surface area (Å²) in [6.07, 6.45) is 1.08. The number of carbonyl (C=O) groups excluding carboxylic acids is 1. The van der Waals surface area contributed by atoms with Gasteiger partial charge in [0.05, 0.1) is 32.3 Å². The number of rotatable bonds is 8. The second-order valence-corrected chi connectivity index (χ2v) is 9.28. The maximum absolute atomic E-state index is 12.8. The van der Waals surface area contributed by atoms with Crippen LogP contribution in [0, 0.1) is 0 Å². The van der Waals surface area contributed by atoms with Gasteiger partial charge in [-0.15, -0.1) is 0 Å². The van der Waals surface area contributed by atoms with Crippen molar-refractivity contribution in [1.29, 1.82) is 0 Å². The third-order valence-corrected chi connectivity index (χ3v) is 6.42. The number of carbonyl (C=O) groups is 1. The lowest BCUT2D eigenvalue weighted by Crippen LogP contribution is -2.47. The van der Waals surface area contributed by atoms with Crippen molar-refractivity contribution in [3.8, 4) is 5.75 Å². The van der Waals surface area contributed by atoms with Gasteiger partial charge in [-0.2, -0.15) is 0 Å². The molecule has 2 aromatic rings. The lowest BCUT2D eigenvalue weighted by Gasteiger charge is -2.29. The molecule has 0 unspecified atom stereocenters. The Balaban J connectivity index is 1.66. The molecule has 0 radical (unpaired) electrons. The SMILES string of the molecule is COc1cccc(N([C@H](C)C(=O)NCc2ccc(N3CCOCC3)cc2)S(C)(=O)=O)c1. The number of anilines is 2. The number of nitrogens with one attached hydrogen (secondary N) is 1. The summed E-state index contributed by atoms with van der Waals surface area (Å²) in [5, 5.41) is 2.84. The molecule has 2 aromatic carbocycles. The van der Waals surface area contributed by atoms with Crippen LogP contribution in [0.5, 0.6) is 5.75 Å². The number of nitrogens with zero attached hydrogens (tertiary/aromatic N) is 2. The summed E-state index contributed by atoms with van der Waals surface area (Å²) in [4.78, 5) is 15.0. The van der Waals surface area contributed by atoms with Crippen molar-refractivity contribution in [2.45, 2.75) is 19.5 Å². The van der Waals surface area contributed by atoms with Crippen LogP contribution in [0.25, 0.3) is 0 Å². The number of hydrogen-bond acceptors (Lipinski definition) is 6. The van der Waals surface area contributed by atoms with Crippen molar-refractivity contribution >= 4 is 27.3 Å². The minimum Gasteiger partial charge on any atom is -0.497 e. The van der Waals surface area contributed by atoms with E-state index in [1.807, 2.05) is 24.3 Å². The van der Waals surface area contributed by atoms with Crippen LogP contribution >= 0.6 is 0 Å². The number of morpholine rings is 1. The van der Waals surface area contributed by atoms with Crippen molar-refractivity contribution < 1.29 is 22.7 Å². The van der Waals surface area contributed by atoms with Gasteiger partial charge in [0.2, 0.25) is 15.9 Å². The molecule has 0 bridgehead atoms. The molecular weight excluding hydrogens is 418 g/mol. The molecule has 31 heavy (non-hydrogen) atoms. The van der Waals surface area contributed by atoms with Crippen LogP contribution < -0.4 is 19.3 Å². The summed E-state index contributed by atoms with van der Waals surface area (Å²) in [5.41, 5.74) is 2.43. The largest absolute Gasteiger partial charge is 0.497 e. The fourth-order valence-electron chi connectivity index (χ4n) is 3.54. The first kappa shape index (κ1) is 22.9. The molecule has 0 saturated carbocycles. The van der Waals surface area contributed by atoms with Gasteiger partial charge < -0.3 is 19.7 Å². The van der Waals surface area contributed by atoms with E-state index < -0.39 is 16.1 Å². The van der Waals surface area contributed by atoms with Gasteiger partial charge in [0.1, 0.15) is 11.8 Å². The predicted molar refractivity (Wildman–Crippen MR) is 121 cm³/mol. The molecule has 1 atom stereocenters. The van der Waals surface area contributed by atoms with Crippen molar-refractivity contribution in [2.75, 3.05) is 48.9 Å². The van der Waals surface area contributed by atoms with Crippen LogP contribution in [-0.4, -0.2) is 60.0 Å². The van der Waals surface area contributed by atoms with Crippen molar-refractivity contribution in [2.24, 2.45) is 0 Å². The molecule has 8 nitrogen and oxygen atoms in total. The van der Waals surface area contributed by atoms with Crippen LogP contribution in [0.15, 0.2) is 48.5 Å². The molecule has 1 amide bonds. The van der Waals surface area contributed by atoms with E-state index >= 15 is 0 Å². The minimum absolute atomic E-state index is 0.308. The van der Waals surface area contributed by atoms with Crippen molar-refractivity contribution in [3.05, 3.63) is 54.1 Å². The van der Waals surface area contributed by atoms with E-state index in [1.165, 1.54) is 7.11 Å². The van der Waals surface area contributed by atoms with E-state index in [-0.39, 0.29) is 5.91 Å². The molecule has 1 aliphatic rings. The highest BCUT2D eigenvalue weighted by Gasteiger charge is 2.29. The zero-order valence-electron chi connectivity index (χ0n) is 18.1. The first-order chi connectivity index (χ1) is 14.8. The summed E-state index contributed by atoms with van der Waals surface area (Å²) < 4.78 is 36.5. The Morgan fingerprint density at radius 3 is 2.48 bits per heavy atom. The predicted octanol–water partition coefficient (Wildman–Crippen LogP) is 2.00. The van der Waals surface area contributed by atoms with Crippen LogP contribution in [0.1, 0.15) is 12.5 Å². The Bertz CT molecular complexity index is 988. The van der Waals surface area contributed by atoms with E-state index in [2.05, 4.69) is 10.2 Å². The quantitative estimate of drug-likeness (QED) is 0.666. The van der Waals surface area contributed by atoms with Gasteiger partial charge in [-0.25, -0.2) is 8.42 Å². The number of hydrogen-bond donors (Lipinski definition) is 1. The molecule has 0 spiro atoms. The summed E-state index contributed by atoms with van der Waals surface area (Å²) in [6.45, 7) is 5.04. The molecule has 3 rings (SSSR count). The summed E-state index contributed by atoms with van der Waals surface area (Å²) in [5.74, 6) is 0.129. The third kappa shape index (κ3) is 5.89. The lowest BCUT2D eigenvalue weighted by atomic mass is 10.1. The third-order valence-electron chi connectivity index (χ3n) is 5.18. The number of amides is 1. The number of methoxy groups -OCH3 is 1. The monoisotopic (exact) mass is 447 g/mol. The highest BCUT2D eigenvalue weighted by Crippen LogP contribution is 2.25. The summed E-state index contributed by atoms with van der Waals surface area (Å²) >= 11 is 0. The van der Waals surface area contributed by atoms with Gasteiger partial charge in [0, 0.05) is 31.4 Å². The van der Waals surface area contributed by atoms with Gasteiger partial charge in [0.25, 0.3) is 0 Å². The molecule has 1 heterocycles. The Morgan fingerprint density at radius 2 is 1.87 bits per heavy atom. The maximum Gasteiger partial charge on any atom is 0.243 e. The lowest BCUT2D eigenvalue weighted by molar-refractivity contribution is -0.122. The van der Waals surface area contributed by atoms with E-state index in [4.69, 9.17) is 9.47 Å². The number of ether oxygens (including phenoxy) is 2. The van der Waals surface area contributed by atoms with Crippen LogP contribution in [0.2, 0.25) is 0 Å². The number of sulfonamides is 1. The molecule has 1 aliphatic heterocycles. The van der Waals surface area contributed by atoms with Crippen LogP contribution in [0.3, 0.4) is 0 Å². The molecule has 168 valence electrons. The Hall–Kier alpha value is -2.78. The first-order valence-corrected chi connectivity index (χ1v) is 12.0. The summed E-state index contributed by atoms with van der Waals surface area (Å²) in [6, 6.07) is 13.7. The molecular formula is C22H29N3O5S. The van der Waals surface area contributed by atoms with Gasteiger partial charge in [-0.1, -0.05) is 18.2 Å². The topological polar surface area (TPSA) is 88.2 Å². The van der Waals surface area contributed by atoms with Gasteiger partial charge in [-0.3, -0.25) is 9.10 Å². The Morgan fingerprint density at radius 1 is 1.19 bits per heavy atom. The average molecular weight is 448 g/mol. The van der Waals surface area contributed by atoms with E-state index in [9.17, 15) is 13.2 Å². The molecule has 9 heteroatoms. The second-order valence-electron chi connectivity index (χ2n) is 7.42. The van der Waals surface area contributed by atoms with Gasteiger partial charge in [-0.05, 0) is 36.8 Å². The first-order valence-electron chi connectivity index (χ1n) is 10.1.